The SMILES string of the molecule is O=C(O)C(F)(F)F.c1ccc2[nH]ncc2c1. The third-order valence-electron chi connectivity index (χ3n) is 1.59. The molecule has 1 heterocycles. The Kier molecular flexibility index (Phi) is 3.49. The number of alkyl halides is 3. The van der Waals surface area contributed by atoms with E-state index in [4.69, 9.17) is 9.90 Å². The molecule has 0 fully saturated rings. The zero-order chi connectivity index (χ0) is 12.2. The molecule has 86 valence electrons. The molecule has 0 amide bonds. The Morgan fingerprint density at radius 1 is 1.31 bits per heavy atom. The van der Waals surface area contributed by atoms with Crippen LogP contribution in [-0.2, 0) is 4.79 Å². The normalized spacial score (nSPS) is 10.7. The van der Waals surface area contributed by atoms with E-state index >= 15 is 0 Å². The first-order chi connectivity index (χ1) is 7.41. The first kappa shape index (κ1) is 12.0. The minimum Gasteiger partial charge on any atom is -0.475 e. The van der Waals surface area contributed by atoms with Crippen molar-refractivity contribution < 1.29 is 23.1 Å². The Hall–Kier alpha value is -2.05. The number of aliphatic carboxylic acids is 1. The molecule has 16 heavy (non-hydrogen) atoms. The molecule has 0 aliphatic heterocycles. The second kappa shape index (κ2) is 4.65. The number of benzene rings is 1. The highest BCUT2D eigenvalue weighted by molar-refractivity contribution is 5.77. The summed E-state index contributed by atoms with van der Waals surface area (Å²) >= 11 is 0. The van der Waals surface area contributed by atoms with E-state index in [2.05, 4.69) is 10.2 Å². The summed E-state index contributed by atoms with van der Waals surface area (Å²) in [5.41, 5.74) is 1.09. The minimum absolute atomic E-state index is 1.09. The van der Waals surface area contributed by atoms with Crippen molar-refractivity contribution in [2.75, 3.05) is 0 Å². The van der Waals surface area contributed by atoms with Crippen LogP contribution in [0.1, 0.15) is 0 Å². The van der Waals surface area contributed by atoms with Gasteiger partial charge in [0.15, 0.2) is 0 Å². The maximum Gasteiger partial charge on any atom is 0.490 e. The van der Waals surface area contributed by atoms with Crippen molar-refractivity contribution >= 4 is 16.9 Å². The number of aromatic amines is 1. The van der Waals surface area contributed by atoms with Gasteiger partial charge >= 0.3 is 12.1 Å². The summed E-state index contributed by atoms with van der Waals surface area (Å²) in [7, 11) is 0. The van der Waals surface area contributed by atoms with Gasteiger partial charge in [-0.05, 0) is 6.07 Å². The smallest absolute Gasteiger partial charge is 0.475 e. The van der Waals surface area contributed by atoms with Crippen molar-refractivity contribution in [1.29, 1.82) is 0 Å². The van der Waals surface area contributed by atoms with Gasteiger partial charge in [-0.15, -0.1) is 0 Å². The van der Waals surface area contributed by atoms with Gasteiger partial charge in [-0.3, -0.25) is 5.10 Å². The first-order valence-corrected chi connectivity index (χ1v) is 4.09. The van der Waals surface area contributed by atoms with Crippen molar-refractivity contribution in [2.24, 2.45) is 0 Å². The monoisotopic (exact) mass is 232 g/mol. The summed E-state index contributed by atoms with van der Waals surface area (Å²) in [6.07, 6.45) is -3.27. The molecule has 0 atom stereocenters. The number of H-pyrrole nitrogens is 1. The van der Waals surface area contributed by atoms with Gasteiger partial charge in [-0.25, -0.2) is 4.79 Å². The molecular formula is C9H7F3N2O2. The number of hydrogen-bond donors (Lipinski definition) is 2. The largest absolute Gasteiger partial charge is 0.490 e. The highest BCUT2D eigenvalue weighted by Crippen LogP contribution is 2.13. The maximum atomic E-state index is 10.6. The zero-order valence-electron chi connectivity index (χ0n) is 7.82. The van der Waals surface area contributed by atoms with Gasteiger partial charge in [-0.2, -0.15) is 18.3 Å². The number of aromatic nitrogens is 2. The van der Waals surface area contributed by atoms with Crippen LogP contribution in [0.2, 0.25) is 0 Å². The van der Waals surface area contributed by atoms with Crippen LogP contribution >= 0.6 is 0 Å². The van der Waals surface area contributed by atoms with E-state index < -0.39 is 12.1 Å². The zero-order valence-corrected chi connectivity index (χ0v) is 7.82. The molecule has 1 aromatic heterocycles. The molecule has 0 aliphatic rings. The predicted octanol–water partition coefficient (Wildman–Crippen LogP) is 2.20. The number of para-hydroxylation sites is 1. The average Bonchev–Trinajstić information content (AvgIpc) is 2.64. The van der Waals surface area contributed by atoms with Crippen LogP contribution in [0.25, 0.3) is 10.9 Å². The number of rotatable bonds is 0. The molecule has 0 saturated heterocycles. The number of halogens is 3. The molecule has 2 rings (SSSR count). The summed E-state index contributed by atoms with van der Waals surface area (Å²) in [6.45, 7) is 0. The van der Waals surface area contributed by atoms with Crippen LogP contribution < -0.4 is 0 Å². The first-order valence-electron chi connectivity index (χ1n) is 4.09. The fourth-order valence-corrected chi connectivity index (χ4v) is 0.883. The van der Waals surface area contributed by atoms with Crippen LogP contribution in [0.5, 0.6) is 0 Å². The number of fused-ring (bicyclic) bond motifs is 1. The van der Waals surface area contributed by atoms with Crippen LogP contribution in [0, 0.1) is 0 Å². The molecule has 0 aliphatic carbocycles. The molecule has 4 nitrogen and oxygen atoms in total. The van der Waals surface area contributed by atoms with Gasteiger partial charge in [0, 0.05) is 5.39 Å². The Balaban J connectivity index is 0.000000168. The van der Waals surface area contributed by atoms with E-state index in [0.717, 1.165) is 10.9 Å². The molecule has 1 aromatic carbocycles. The number of carboxylic acids is 1. The highest BCUT2D eigenvalue weighted by Gasteiger charge is 2.38. The number of carbonyl (C=O) groups is 1. The predicted molar refractivity (Wildman–Crippen MR) is 49.8 cm³/mol. The lowest BCUT2D eigenvalue weighted by molar-refractivity contribution is -0.192. The Morgan fingerprint density at radius 2 is 1.88 bits per heavy atom. The molecular weight excluding hydrogens is 225 g/mol. The van der Waals surface area contributed by atoms with Gasteiger partial charge in [0.1, 0.15) is 0 Å². The van der Waals surface area contributed by atoms with Crippen molar-refractivity contribution in [1.82, 2.24) is 10.2 Å². The molecule has 0 bridgehead atoms. The van der Waals surface area contributed by atoms with E-state index in [1.54, 1.807) is 0 Å². The van der Waals surface area contributed by atoms with E-state index in [-0.39, 0.29) is 0 Å². The van der Waals surface area contributed by atoms with E-state index in [0.29, 0.717) is 0 Å². The molecule has 0 unspecified atom stereocenters. The van der Waals surface area contributed by atoms with Crippen LogP contribution in [-0.4, -0.2) is 27.4 Å². The Labute approximate surface area is 87.7 Å². The lowest BCUT2D eigenvalue weighted by Crippen LogP contribution is -2.21. The van der Waals surface area contributed by atoms with Gasteiger partial charge in [0.05, 0.1) is 11.7 Å². The van der Waals surface area contributed by atoms with Crippen LogP contribution in [0.4, 0.5) is 13.2 Å². The lowest BCUT2D eigenvalue weighted by atomic mass is 10.3. The minimum atomic E-state index is -5.08. The van der Waals surface area contributed by atoms with Crippen molar-refractivity contribution in [3.05, 3.63) is 30.5 Å². The summed E-state index contributed by atoms with van der Waals surface area (Å²) < 4.78 is 31.7. The summed E-state index contributed by atoms with van der Waals surface area (Å²) in [6, 6.07) is 8.01. The van der Waals surface area contributed by atoms with Crippen molar-refractivity contribution in [3.8, 4) is 0 Å². The van der Waals surface area contributed by atoms with Crippen molar-refractivity contribution in [2.45, 2.75) is 6.18 Å². The molecule has 2 aromatic rings. The molecule has 0 saturated carbocycles. The van der Waals surface area contributed by atoms with E-state index in [1.165, 1.54) is 0 Å². The summed E-state index contributed by atoms with van der Waals surface area (Å²) in [5, 5.41) is 15.0. The number of nitrogens with zero attached hydrogens (tertiary/aromatic N) is 1. The molecule has 0 radical (unpaired) electrons. The quantitative estimate of drug-likeness (QED) is 0.731. The van der Waals surface area contributed by atoms with E-state index in [9.17, 15) is 13.2 Å². The maximum absolute atomic E-state index is 10.6. The Bertz CT molecular complexity index is 449. The highest BCUT2D eigenvalue weighted by atomic mass is 19.4. The van der Waals surface area contributed by atoms with Gasteiger partial charge in [-0.1, -0.05) is 18.2 Å². The molecule has 7 heteroatoms. The molecule has 2 N–H and O–H groups in total. The van der Waals surface area contributed by atoms with E-state index in [1.807, 2.05) is 30.5 Å². The second-order valence-electron chi connectivity index (χ2n) is 2.76. The summed E-state index contributed by atoms with van der Waals surface area (Å²) in [4.78, 5) is 8.90. The second-order valence-corrected chi connectivity index (χ2v) is 2.76. The van der Waals surface area contributed by atoms with Crippen LogP contribution in [0.15, 0.2) is 30.5 Å². The number of hydrogen-bond acceptors (Lipinski definition) is 2. The Morgan fingerprint density at radius 3 is 2.38 bits per heavy atom. The third kappa shape index (κ3) is 3.26. The lowest BCUT2D eigenvalue weighted by Gasteiger charge is -1.93. The van der Waals surface area contributed by atoms with Crippen LogP contribution in [0.3, 0.4) is 0 Å². The average molecular weight is 232 g/mol. The summed E-state index contributed by atoms with van der Waals surface area (Å²) in [5.74, 6) is -2.76. The van der Waals surface area contributed by atoms with Gasteiger partial charge < -0.3 is 5.11 Å². The molecule has 0 spiro atoms. The number of nitrogens with one attached hydrogen (secondary N) is 1. The third-order valence-corrected chi connectivity index (χ3v) is 1.59. The number of carboxylic acid groups (broad SMARTS) is 1. The fourth-order valence-electron chi connectivity index (χ4n) is 0.883. The topological polar surface area (TPSA) is 66.0 Å². The van der Waals surface area contributed by atoms with Gasteiger partial charge in [0.25, 0.3) is 0 Å². The fraction of sp³-hybridized carbons (Fsp3) is 0.111. The van der Waals surface area contributed by atoms with Gasteiger partial charge in [0.2, 0.25) is 0 Å². The standard InChI is InChI=1S/C7H6N2.C2HF3O2/c1-2-4-7-6(3-1)5-8-9-7;3-2(4,5)1(6)7/h1-5H,(H,8,9);(H,6,7). The van der Waals surface area contributed by atoms with Crippen molar-refractivity contribution in [3.63, 3.8) is 0 Å².